The summed E-state index contributed by atoms with van der Waals surface area (Å²) in [6.07, 6.45) is 3.91. The number of nitrogens with zero attached hydrogens (tertiary/aromatic N) is 2. The predicted octanol–water partition coefficient (Wildman–Crippen LogP) is 1.21. The SMILES string of the molecule is CCNCCn1cc(S(=O)(=O)NC(C)C(C)CC)cn1. The Morgan fingerprint density at radius 2 is 2.05 bits per heavy atom. The molecule has 2 N–H and O–H groups in total. The molecule has 1 aromatic rings. The Morgan fingerprint density at radius 1 is 1.35 bits per heavy atom. The van der Waals surface area contributed by atoms with E-state index in [0.29, 0.717) is 12.5 Å². The van der Waals surface area contributed by atoms with Crippen LogP contribution in [0.2, 0.25) is 0 Å². The Kier molecular flexibility index (Phi) is 6.64. The van der Waals surface area contributed by atoms with E-state index in [1.807, 2.05) is 27.7 Å². The number of aromatic nitrogens is 2. The van der Waals surface area contributed by atoms with E-state index < -0.39 is 10.0 Å². The Labute approximate surface area is 122 Å². The summed E-state index contributed by atoms with van der Waals surface area (Å²) in [6, 6.07) is -0.0879. The van der Waals surface area contributed by atoms with Crippen molar-refractivity contribution in [3.8, 4) is 0 Å². The third-order valence-corrected chi connectivity index (χ3v) is 5.04. The Hall–Kier alpha value is -0.920. The van der Waals surface area contributed by atoms with E-state index in [9.17, 15) is 8.42 Å². The van der Waals surface area contributed by atoms with E-state index in [0.717, 1.165) is 19.5 Å². The van der Waals surface area contributed by atoms with Crippen LogP contribution in [-0.2, 0) is 16.6 Å². The molecule has 0 radical (unpaired) electrons. The molecule has 0 aliphatic carbocycles. The molecule has 0 fully saturated rings. The fourth-order valence-electron chi connectivity index (χ4n) is 1.76. The molecule has 0 saturated carbocycles. The number of nitrogens with one attached hydrogen (secondary N) is 2. The van der Waals surface area contributed by atoms with Gasteiger partial charge in [-0.05, 0) is 19.4 Å². The number of likely N-dealkylation sites (N-methyl/N-ethyl adjacent to an activating group) is 1. The first kappa shape index (κ1) is 17.1. The summed E-state index contributed by atoms with van der Waals surface area (Å²) in [7, 11) is -3.48. The van der Waals surface area contributed by atoms with Crippen LogP contribution in [0, 0.1) is 5.92 Å². The summed E-state index contributed by atoms with van der Waals surface area (Å²) in [4.78, 5) is 0.226. The van der Waals surface area contributed by atoms with Gasteiger partial charge in [0.2, 0.25) is 10.0 Å². The van der Waals surface area contributed by atoms with Gasteiger partial charge in [0, 0.05) is 18.8 Å². The van der Waals surface area contributed by atoms with E-state index in [4.69, 9.17) is 0 Å². The van der Waals surface area contributed by atoms with Crippen LogP contribution >= 0.6 is 0 Å². The third kappa shape index (κ3) is 4.88. The number of hydrogen-bond acceptors (Lipinski definition) is 4. The highest BCUT2D eigenvalue weighted by atomic mass is 32.2. The lowest BCUT2D eigenvalue weighted by Gasteiger charge is -2.19. The Morgan fingerprint density at radius 3 is 2.65 bits per heavy atom. The molecule has 116 valence electrons. The van der Waals surface area contributed by atoms with Crippen molar-refractivity contribution in [3.63, 3.8) is 0 Å². The monoisotopic (exact) mass is 302 g/mol. The van der Waals surface area contributed by atoms with Crippen molar-refractivity contribution in [2.45, 2.75) is 51.6 Å². The fourth-order valence-corrected chi connectivity index (χ4v) is 3.06. The molecular formula is C13H26N4O2S. The predicted molar refractivity (Wildman–Crippen MR) is 80.0 cm³/mol. The van der Waals surface area contributed by atoms with Gasteiger partial charge in [-0.25, -0.2) is 13.1 Å². The summed E-state index contributed by atoms with van der Waals surface area (Å²) < 4.78 is 28.8. The van der Waals surface area contributed by atoms with Crippen molar-refractivity contribution in [2.24, 2.45) is 5.92 Å². The normalized spacial score (nSPS) is 15.2. The van der Waals surface area contributed by atoms with Gasteiger partial charge in [0.05, 0.1) is 12.7 Å². The van der Waals surface area contributed by atoms with Crippen LogP contribution in [0.25, 0.3) is 0 Å². The second-order valence-electron chi connectivity index (χ2n) is 5.09. The average Bonchev–Trinajstić information content (AvgIpc) is 2.87. The molecule has 1 aromatic heterocycles. The zero-order valence-corrected chi connectivity index (χ0v) is 13.6. The molecule has 0 bridgehead atoms. The van der Waals surface area contributed by atoms with Crippen LogP contribution in [-0.4, -0.2) is 37.3 Å². The molecule has 0 aliphatic heterocycles. The van der Waals surface area contributed by atoms with Crippen LogP contribution in [0.3, 0.4) is 0 Å². The quantitative estimate of drug-likeness (QED) is 0.672. The van der Waals surface area contributed by atoms with Gasteiger partial charge in [0.15, 0.2) is 0 Å². The highest BCUT2D eigenvalue weighted by Gasteiger charge is 2.21. The van der Waals surface area contributed by atoms with Crippen molar-refractivity contribution in [3.05, 3.63) is 12.4 Å². The van der Waals surface area contributed by atoms with Gasteiger partial charge in [0.25, 0.3) is 0 Å². The maximum atomic E-state index is 12.2. The van der Waals surface area contributed by atoms with Crippen molar-refractivity contribution >= 4 is 10.0 Å². The number of rotatable bonds is 9. The molecule has 20 heavy (non-hydrogen) atoms. The molecule has 6 nitrogen and oxygen atoms in total. The highest BCUT2D eigenvalue weighted by molar-refractivity contribution is 7.89. The third-order valence-electron chi connectivity index (χ3n) is 3.53. The Bertz CT molecular complexity index is 498. The number of hydrogen-bond donors (Lipinski definition) is 2. The zero-order valence-electron chi connectivity index (χ0n) is 12.8. The molecule has 1 rings (SSSR count). The fraction of sp³-hybridized carbons (Fsp3) is 0.769. The zero-order chi connectivity index (χ0) is 15.2. The second kappa shape index (κ2) is 7.75. The van der Waals surface area contributed by atoms with Crippen LogP contribution in [0.1, 0.15) is 34.1 Å². The first-order valence-electron chi connectivity index (χ1n) is 7.16. The molecular weight excluding hydrogens is 276 g/mol. The van der Waals surface area contributed by atoms with Crippen molar-refractivity contribution in [2.75, 3.05) is 13.1 Å². The lowest BCUT2D eigenvalue weighted by Crippen LogP contribution is -2.36. The molecule has 2 atom stereocenters. The van der Waals surface area contributed by atoms with E-state index in [1.165, 1.54) is 6.20 Å². The molecule has 0 aliphatic rings. The van der Waals surface area contributed by atoms with Gasteiger partial charge in [-0.1, -0.05) is 27.2 Å². The van der Waals surface area contributed by atoms with E-state index in [-0.39, 0.29) is 10.9 Å². The largest absolute Gasteiger partial charge is 0.315 e. The van der Waals surface area contributed by atoms with E-state index in [2.05, 4.69) is 15.1 Å². The molecule has 0 amide bonds. The van der Waals surface area contributed by atoms with Gasteiger partial charge in [-0.15, -0.1) is 0 Å². The second-order valence-corrected chi connectivity index (χ2v) is 6.80. The summed E-state index contributed by atoms with van der Waals surface area (Å²) in [5.74, 6) is 0.300. The summed E-state index contributed by atoms with van der Waals surface area (Å²) in [5.41, 5.74) is 0. The maximum absolute atomic E-state index is 12.2. The minimum absolute atomic E-state index is 0.0879. The van der Waals surface area contributed by atoms with E-state index >= 15 is 0 Å². The summed E-state index contributed by atoms with van der Waals surface area (Å²) in [5, 5.41) is 7.26. The standard InChI is InChI=1S/C13H26N4O2S/c1-5-11(3)12(4)16-20(18,19)13-9-15-17(10-13)8-7-14-6-2/h9-12,14,16H,5-8H2,1-4H3. The summed E-state index contributed by atoms with van der Waals surface area (Å²) in [6.45, 7) is 10.3. The molecule has 1 heterocycles. The van der Waals surface area contributed by atoms with Crippen molar-refractivity contribution < 1.29 is 8.42 Å². The van der Waals surface area contributed by atoms with Gasteiger partial charge in [0.1, 0.15) is 4.90 Å². The van der Waals surface area contributed by atoms with Crippen LogP contribution in [0.15, 0.2) is 17.3 Å². The van der Waals surface area contributed by atoms with Crippen molar-refractivity contribution in [1.29, 1.82) is 0 Å². The van der Waals surface area contributed by atoms with Crippen LogP contribution in [0.4, 0.5) is 0 Å². The lowest BCUT2D eigenvalue weighted by atomic mass is 10.0. The molecule has 2 unspecified atom stereocenters. The lowest BCUT2D eigenvalue weighted by molar-refractivity contribution is 0.434. The van der Waals surface area contributed by atoms with Gasteiger partial charge >= 0.3 is 0 Å². The average molecular weight is 302 g/mol. The molecule has 7 heteroatoms. The van der Waals surface area contributed by atoms with Gasteiger partial charge in [-0.2, -0.15) is 5.10 Å². The van der Waals surface area contributed by atoms with Gasteiger partial charge < -0.3 is 5.32 Å². The van der Waals surface area contributed by atoms with E-state index in [1.54, 1.807) is 10.9 Å². The van der Waals surface area contributed by atoms with Crippen LogP contribution in [0.5, 0.6) is 0 Å². The topological polar surface area (TPSA) is 76.0 Å². The van der Waals surface area contributed by atoms with Gasteiger partial charge in [-0.3, -0.25) is 4.68 Å². The first-order valence-corrected chi connectivity index (χ1v) is 8.64. The summed E-state index contributed by atoms with van der Waals surface area (Å²) >= 11 is 0. The molecule has 0 saturated heterocycles. The minimum atomic E-state index is -3.48. The first-order chi connectivity index (χ1) is 9.40. The Balaban J connectivity index is 2.68. The molecule has 0 spiro atoms. The molecule has 0 aromatic carbocycles. The maximum Gasteiger partial charge on any atom is 0.243 e. The minimum Gasteiger partial charge on any atom is -0.315 e. The van der Waals surface area contributed by atoms with Crippen LogP contribution < -0.4 is 10.0 Å². The highest BCUT2D eigenvalue weighted by Crippen LogP contribution is 2.12. The van der Waals surface area contributed by atoms with Crippen molar-refractivity contribution in [1.82, 2.24) is 19.8 Å². The number of sulfonamides is 1. The smallest absolute Gasteiger partial charge is 0.243 e.